The first kappa shape index (κ1) is 23.2. The molecule has 0 aliphatic heterocycles. The maximum absolute atomic E-state index is 14.1. The molecule has 180 valence electrons. The van der Waals surface area contributed by atoms with Crippen molar-refractivity contribution in [3.05, 3.63) is 81.6 Å². The number of hydrogen-bond acceptors (Lipinski definition) is 3. The molecule has 5 nitrogen and oxygen atoms in total. The zero-order valence-corrected chi connectivity index (χ0v) is 18.2. The molecule has 5 rings (SSSR count). The average Bonchev–Trinajstić information content (AvgIpc) is 3.21. The van der Waals surface area contributed by atoms with Crippen molar-refractivity contribution in [2.24, 2.45) is 0 Å². The van der Waals surface area contributed by atoms with Gasteiger partial charge in [-0.15, -0.1) is 0 Å². The molecule has 35 heavy (non-hydrogen) atoms. The highest BCUT2D eigenvalue weighted by Gasteiger charge is 2.40. The fourth-order valence-electron chi connectivity index (χ4n) is 4.11. The number of amides is 1. The van der Waals surface area contributed by atoms with Gasteiger partial charge in [-0.1, -0.05) is 35.9 Å². The summed E-state index contributed by atoms with van der Waals surface area (Å²) in [5.74, 6) is -1.04. The van der Waals surface area contributed by atoms with Crippen molar-refractivity contribution in [1.82, 2.24) is 14.6 Å². The van der Waals surface area contributed by atoms with Crippen LogP contribution in [0.5, 0.6) is 0 Å². The summed E-state index contributed by atoms with van der Waals surface area (Å²) < 4.78 is 82.0. The molecule has 0 atom stereocenters. The van der Waals surface area contributed by atoms with Gasteiger partial charge in [-0.3, -0.25) is 4.79 Å². The Labute approximate surface area is 198 Å². The monoisotopic (exact) mass is 510 g/mol. The Morgan fingerprint density at radius 2 is 1.71 bits per heavy atom. The molecule has 1 N–H and O–H groups in total. The molecule has 1 amide bonds. The van der Waals surface area contributed by atoms with E-state index in [4.69, 9.17) is 11.6 Å². The lowest BCUT2D eigenvalue weighted by Crippen LogP contribution is -2.21. The zero-order valence-electron chi connectivity index (χ0n) is 17.4. The van der Waals surface area contributed by atoms with Crippen LogP contribution in [0.2, 0.25) is 5.02 Å². The minimum absolute atomic E-state index is 0.0420. The van der Waals surface area contributed by atoms with Crippen molar-refractivity contribution < 1.29 is 31.1 Å². The molecule has 0 fully saturated rings. The highest BCUT2D eigenvalue weighted by Crippen LogP contribution is 2.40. The second-order valence-electron chi connectivity index (χ2n) is 7.89. The number of halogens is 7. The minimum atomic E-state index is -4.80. The number of hydrogen-bond donors (Lipinski definition) is 1. The van der Waals surface area contributed by atoms with Crippen molar-refractivity contribution in [1.29, 1.82) is 0 Å². The van der Waals surface area contributed by atoms with Gasteiger partial charge in [-0.25, -0.2) is 9.50 Å². The summed E-state index contributed by atoms with van der Waals surface area (Å²) in [5.41, 5.74) is -1.64. The third-order valence-electron chi connectivity index (χ3n) is 5.66. The Kier molecular flexibility index (Phi) is 5.28. The molecule has 2 aromatic heterocycles. The van der Waals surface area contributed by atoms with E-state index >= 15 is 0 Å². The van der Waals surface area contributed by atoms with E-state index in [0.29, 0.717) is 22.6 Å². The zero-order chi connectivity index (χ0) is 25.1. The van der Waals surface area contributed by atoms with Crippen molar-refractivity contribution in [2.75, 3.05) is 5.32 Å². The Balaban J connectivity index is 1.61. The van der Waals surface area contributed by atoms with Crippen LogP contribution < -0.4 is 5.32 Å². The Morgan fingerprint density at radius 1 is 0.971 bits per heavy atom. The van der Waals surface area contributed by atoms with E-state index in [0.717, 1.165) is 23.8 Å². The molecular weight excluding hydrogens is 498 g/mol. The fourth-order valence-corrected chi connectivity index (χ4v) is 4.28. The van der Waals surface area contributed by atoms with Crippen LogP contribution in [0.3, 0.4) is 0 Å². The van der Waals surface area contributed by atoms with Gasteiger partial charge >= 0.3 is 12.4 Å². The first-order chi connectivity index (χ1) is 16.4. The standard InChI is InChI=1S/C23H13ClF6N4O/c24-15-8-6-12(22(25,26)27)9-16(15)31-21(35)17-10-18-32-19-13-4-2-1-3-11(13)5-7-14(19)20(23(28,29)30)34(18)33-17/h1-4,6,8-10H,5,7H2,(H,31,35). The largest absolute Gasteiger partial charge is 0.433 e. The number of rotatable bonds is 2. The Morgan fingerprint density at radius 3 is 2.43 bits per heavy atom. The molecule has 0 bridgehead atoms. The summed E-state index contributed by atoms with van der Waals surface area (Å²) in [4.78, 5) is 17.1. The van der Waals surface area contributed by atoms with E-state index in [-0.39, 0.29) is 34.0 Å². The summed E-state index contributed by atoms with van der Waals surface area (Å²) in [5, 5.41) is 5.80. The molecule has 0 saturated heterocycles. The summed E-state index contributed by atoms with van der Waals surface area (Å²) >= 11 is 5.91. The molecule has 0 radical (unpaired) electrons. The van der Waals surface area contributed by atoms with Crippen LogP contribution in [0.1, 0.15) is 32.9 Å². The number of fused-ring (bicyclic) bond motifs is 4. The molecule has 2 aromatic carbocycles. The molecule has 4 aromatic rings. The first-order valence-electron chi connectivity index (χ1n) is 10.2. The van der Waals surface area contributed by atoms with Crippen LogP contribution in [0.4, 0.5) is 32.0 Å². The number of carbonyl (C=O) groups excluding carboxylic acids is 1. The predicted octanol–water partition coefficient (Wildman–Crippen LogP) is 6.44. The van der Waals surface area contributed by atoms with Gasteiger partial charge in [0.1, 0.15) is 0 Å². The van der Waals surface area contributed by atoms with Crippen LogP contribution in [-0.4, -0.2) is 20.5 Å². The molecule has 1 aliphatic carbocycles. The number of nitrogens with one attached hydrogen (secondary N) is 1. The third-order valence-corrected chi connectivity index (χ3v) is 5.99. The second-order valence-corrected chi connectivity index (χ2v) is 8.30. The molecule has 0 unspecified atom stereocenters. The van der Waals surface area contributed by atoms with Crippen molar-refractivity contribution in [2.45, 2.75) is 25.2 Å². The number of benzene rings is 2. The second kappa shape index (κ2) is 7.98. The molecular formula is C23H13ClF6N4O. The average molecular weight is 511 g/mol. The SMILES string of the molecule is O=C(Nc1cc(C(F)(F)F)ccc1Cl)c1cc2nc3c(c(C(F)(F)F)n2n1)CCc1ccccc1-3. The van der Waals surface area contributed by atoms with E-state index in [1.165, 1.54) is 0 Å². The lowest BCUT2D eigenvalue weighted by Gasteiger charge is -2.23. The van der Waals surface area contributed by atoms with E-state index < -0.39 is 35.2 Å². The van der Waals surface area contributed by atoms with Crippen molar-refractivity contribution in [3.8, 4) is 11.3 Å². The number of alkyl halides is 6. The number of nitrogens with zero attached hydrogens (tertiary/aromatic N) is 3. The van der Waals surface area contributed by atoms with Gasteiger partial charge in [-0.2, -0.15) is 31.4 Å². The van der Waals surface area contributed by atoms with E-state index in [1.54, 1.807) is 18.2 Å². The van der Waals surface area contributed by atoms with Gasteiger partial charge in [0.05, 0.1) is 22.0 Å². The molecule has 1 aliphatic rings. The molecule has 0 saturated carbocycles. The highest BCUT2D eigenvalue weighted by atomic mass is 35.5. The smallest absolute Gasteiger partial charge is 0.319 e. The number of aromatic nitrogens is 3. The first-order valence-corrected chi connectivity index (χ1v) is 10.6. The van der Waals surface area contributed by atoms with E-state index in [9.17, 15) is 31.1 Å². The van der Waals surface area contributed by atoms with E-state index in [2.05, 4.69) is 15.4 Å². The van der Waals surface area contributed by atoms with Gasteiger partial charge in [-0.05, 0) is 36.6 Å². The summed E-state index contributed by atoms with van der Waals surface area (Å²) in [6, 6.07) is 10.3. The maximum Gasteiger partial charge on any atom is 0.433 e. The van der Waals surface area contributed by atoms with Gasteiger partial charge in [0, 0.05) is 17.2 Å². The summed E-state index contributed by atoms with van der Waals surface area (Å²) in [6.07, 6.45) is -9.04. The number of carbonyl (C=O) groups is 1. The van der Waals surface area contributed by atoms with E-state index in [1.807, 2.05) is 6.07 Å². The van der Waals surface area contributed by atoms with Crippen LogP contribution in [0.15, 0.2) is 48.5 Å². The number of aryl methyl sites for hydroxylation is 1. The van der Waals surface area contributed by atoms with Gasteiger partial charge < -0.3 is 5.32 Å². The third kappa shape index (κ3) is 4.09. The van der Waals surface area contributed by atoms with Gasteiger partial charge in [0.15, 0.2) is 17.0 Å². The van der Waals surface area contributed by atoms with Gasteiger partial charge in [0.2, 0.25) is 0 Å². The van der Waals surface area contributed by atoms with Crippen molar-refractivity contribution >= 4 is 28.8 Å². The molecule has 12 heteroatoms. The lowest BCUT2D eigenvalue weighted by atomic mass is 9.88. The van der Waals surface area contributed by atoms with Crippen LogP contribution in [0.25, 0.3) is 16.9 Å². The van der Waals surface area contributed by atoms with Gasteiger partial charge in [0.25, 0.3) is 5.91 Å². The quantitative estimate of drug-likeness (QED) is 0.316. The summed E-state index contributed by atoms with van der Waals surface area (Å²) in [6.45, 7) is 0. The van der Waals surface area contributed by atoms with Crippen molar-refractivity contribution in [3.63, 3.8) is 0 Å². The minimum Gasteiger partial charge on any atom is -0.319 e. The Hall–Kier alpha value is -3.60. The topological polar surface area (TPSA) is 59.3 Å². The molecule has 2 heterocycles. The predicted molar refractivity (Wildman–Crippen MR) is 115 cm³/mol. The van der Waals surface area contributed by atoms with Crippen LogP contribution in [0, 0.1) is 0 Å². The summed E-state index contributed by atoms with van der Waals surface area (Å²) in [7, 11) is 0. The fraction of sp³-hybridized carbons (Fsp3) is 0.174. The number of anilines is 1. The highest BCUT2D eigenvalue weighted by molar-refractivity contribution is 6.34. The normalized spacial score (nSPS) is 13.5. The lowest BCUT2D eigenvalue weighted by molar-refractivity contribution is -0.143. The maximum atomic E-state index is 14.1. The van der Waals surface area contributed by atoms with Crippen LogP contribution in [-0.2, 0) is 25.2 Å². The Bertz CT molecular complexity index is 1490. The van der Waals surface area contributed by atoms with Crippen LogP contribution >= 0.6 is 11.6 Å². The molecule has 0 spiro atoms.